The number of carbonyl (C=O) groups is 1. The Bertz CT molecular complexity index is 925. The summed E-state index contributed by atoms with van der Waals surface area (Å²) in [5.41, 5.74) is 1.80. The van der Waals surface area contributed by atoms with Gasteiger partial charge in [-0.3, -0.25) is 4.79 Å². The van der Waals surface area contributed by atoms with Gasteiger partial charge in [0.05, 0.1) is 17.7 Å². The fourth-order valence-corrected chi connectivity index (χ4v) is 2.94. The highest BCUT2D eigenvalue weighted by atomic mass is 35.5. The second-order valence-electron chi connectivity index (χ2n) is 6.41. The second kappa shape index (κ2) is 9.37. The maximum Gasteiger partial charge on any atom is 0.259 e. The van der Waals surface area contributed by atoms with E-state index in [1.54, 1.807) is 25.1 Å². The van der Waals surface area contributed by atoms with Crippen LogP contribution in [-0.2, 0) is 17.6 Å². The number of likely N-dealkylation sites (N-methyl/N-ethyl adjacent to an activating group) is 1. The number of methoxy groups -OCH3 is 1. The van der Waals surface area contributed by atoms with Crippen LogP contribution < -0.4 is 4.74 Å². The molecule has 6 nitrogen and oxygen atoms in total. The van der Waals surface area contributed by atoms with E-state index in [2.05, 4.69) is 10.1 Å². The lowest BCUT2D eigenvalue weighted by Gasteiger charge is -2.16. The number of amides is 1. The first-order valence-electron chi connectivity index (χ1n) is 9.01. The van der Waals surface area contributed by atoms with E-state index in [-0.39, 0.29) is 5.91 Å². The number of ether oxygens (including phenoxy) is 1. The minimum Gasteiger partial charge on any atom is -0.497 e. The van der Waals surface area contributed by atoms with Crippen LogP contribution in [0, 0.1) is 0 Å². The van der Waals surface area contributed by atoms with Crippen molar-refractivity contribution < 1.29 is 14.1 Å². The molecule has 1 aromatic heterocycles. The van der Waals surface area contributed by atoms with Crippen molar-refractivity contribution in [3.05, 3.63) is 64.9 Å². The average Bonchev–Trinajstić information content (AvgIpc) is 3.19. The highest BCUT2D eigenvalue weighted by molar-refractivity contribution is 6.33. The molecule has 0 saturated carbocycles. The molecule has 0 unspecified atom stereocenters. The third kappa shape index (κ3) is 5.10. The number of carbonyl (C=O) groups excluding carboxylic acids is 1. The van der Waals surface area contributed by atoms with E-state index >= 15 is 0 Å². The lowest BCUT2D eigenvalue weighted by atomic mass is 10.1. The first-order valence-corrected chi connectivity index (χ1v) is 9.39. The number of aryl methyl sites for hydroxylation is 1. The first-order chi connectivity index (χ1) is 13.6. The minimum absolute atomic E-state index is 0.0747. The van der Waals surface area contributed by atoms with Gasteiger partial charge in [0.2, 0.25) is 5.91 Å². The number of nitrogens with zero attached hydrogens (tertiary/aromatic N) is 3. The van der Waals surface area contributed by atoms with E-state index < -0.39 is 0 Å². The molecule has 146 valence electrons. The number of benzene rings is 2. The maximum atomic E-state index is 12.4. The van der Waals surface area contributed by atoms with Gasteiger partial charge >= 0.3 is 0 Å². The van der Waals surface area contributed by atoms with E-state index in [1.165, 1.54) is 0 Å². The summed E-state index contributed by atoms with van der Waals surface area (Å²) in [6, 6.07) is 15.1. The van der Waals surface area contributed by atoms with Crippen molar-refractivity contribution in [3.8, 4) is 17.2 Å². The molecule has 2 aromatic carbocycles. The van der Waals surface area contributed by atoms with Crippen molar-refractivity contribution in [1.29, 1.82) is 0 Å². The van der Waals surface area contributed by atoms with Crippen LogP contribution in [0.2, 0.25) is 5.02 Å². The first kappa shape index (κ1) is 19.9. The van der Waals surface area contributed by atoms with Gasteiger partial charge in [0.25, 0.3) is 5.89 Å². The van der Waals surface area contributed by atoms with Crippen LogP contribution in [0.3, 0.4) is 0 Å². The number of halogens is 1. The van der Waals surface area contributed by atoms with Crippen LogP contribution >= 0.6 is 11.6 Å². The van der Waals surface area contributed by atoms with E-state index in [0.29, 0.717) is 48.1 Å². The predicted molar refractivity (Wildman–Crippen MR) is 107 cm³/mol. The van der Waals surface area contributed by atoms with Gasteiger partial charge in [-0.2, -0.15) is 4.98 Å². The Balaban J connectivity index is 1.49. The van der Waals surface area contributed by atoms with Crippen LogP contribution in [-0.4, -0.2) is 41.6 Å². The standard InChI is InChI=1S/C21H22ClN3O3/c1-25(20(26)12-9-15-7-10-16(27-2)11-8-15)14-13-19-23-21(28-24-19)17-5-3-4-6-18(17)22/h3-8,10-11H,9,12-14H2,1-2H3. The van der Waals surface area contributed by atoms with Crippen molar-refractivity contribution in [1.82, 2.24) is 15.0 Å². The van der Waals surface area contributed by atoms with Crippen molar-refractivity contribution in [2.45, 2.75) is 19.3 Å². The molecule has 0 aliphatic carbocycles. The smallest absolute Gasteiger partial charge is 0.259 e. The molecule has 1 heterocycles. The van der Waals surface area contributed by atoms with Gasteiger partial charge in [-0.05, 0) is 36.2 Å². The largest absolute Gasteiger partial charge is 0.497 e. The van der Waals surface area contributed by atoms with Gasteiger partial charge in [-0.1, -0.05) is 41.0 Å². The van der Waals surface area contributed by atoms with Crippen LogP contribution in [0.15, 0.2) is 53.1 Å². The number of rotatable bonds is 8. The minimum atomic E-state index is 0.0747. The summed E-state index contributed by atoms with van der Waals surface area (Å²) in [6.07, 6.45) is 1.64. The number of hydrogen-bond donors (Lipinski definition) is 0. The Hall–Kier alpha value is -2.86. The molecule has 3 rings (SSSR count). The molecular weight excluding hydrogens is 378 g/mol. The molecule has 0 bridgehead atoms. The molecule has 0 fully saturated rings. The Labute approximate surface area is 169 Å². The number of aromatic nitrogens is 2. The van der Waals surface area contributed by atoms with Crippen molar-refractivity contribution in [2.75, 3.05) is 20.7 Å². The van der Waals surface area contributed by atoms with E-state index in [9.17, 15) is 4.79 Å². The van der Waals surface area contributed by atoms with Gasteiger partial charge in [-0.15, -0.1) is 0 Å². The lowest BCUT2D eigenvalue weighted by Crippen LogP contribution is -2.29. The molecule has 0 spiro atoms. The Kier molecular flexibility index (Phi) is 6.66. The van der Waals surface area contributed by atoms with Crippen LogP contribution in [0.25, 0.3) is 11.5 Å². The van der Waals surface area contributed by atoms with Crippen LogP contribution in [0.5, 0.6) is 5.75 Å². The highest BCUT2D eigenvalue weighted by Gasteiger charge is 2.14. The van der Waals surface area contributed by atoms with Crippen LogP contribution in [0.4, 0.5) is 0 Å². The van der Waals surface area contributed by atoms with Crippen molar-refractivity contribution >= 4 is 17.5 Å². The van der Waals surface area contributed by atoms with Gasteiger partial charge < -0.3 is 14.2 Å². The highest BCUT2D eigenvalue weighted by Crippen LogP contribution is 2.25. The van der Waals surface area contributed by atoms with E-state index in [0.717, 1.165) is 11.3 Å². The molecule has 0 atom stereocenters. The Morgan fingerprint density at radius 2 is 1.89 bits per heavy atom. The molecule has 0 aliphatic rings. The predicted octanol–water partition coefficient (Wildman–Crippen LogP) is 4.03. The summed E-state index contributed by atoms with van der Waals surface area (Å²) in [4.78, 5) is 18.4. The van der Waals surface area contributed by atoms with Crippen LogP contribution in [0.1, 0.15) is 17.8 Å². The average molecular weight is 400 g/mol. The third-order valence-electron chi connectivity index (χ3n) is 4.46. The summed E-state index contributed by atoms with van der Waals surface area (Å²) in [7, 11) is 3.42. The zero-order chi connectivity index (χ0) is 19.9. The normalized spacial score (nSPS) is 10.7. The van der Waals surface area contributed by atoms with E-state index in [4.69, 9.17) is 20.9 Å². The summed E-state index contributed by atoms with van der Waals surface area (Å²) in [5, 5.41) is 4.54. The summed E-state index contributed by atoms with van der Waals surface area (Å²) in [5.74, 6) is 1.81. The summed E-state index contributed by atoms with van der Waals surface area (Å²) < 4.78 is 10.4. The summed E-state index contributed by atoms with van der Waals surface area (Å²) in [6.45, 7) is 0.517. The molecule has 0 saturated heterocycles. The SMILES string of the molecule is COc1ccc(CCC(=O)N(C)CCc2noc(-c3ccccc3Cl)n2)cc1. The van der Waals surface area contributed by atoms with Gasteiger partial charge in [0.15, 0.2) is 5.82 Å². The third-order valence-corrected chi connectivity index (χ3v) is 4.79. The maximum absolute atomic E-state index is 12.4. The molecular formula is C21H22ClN3O3. The number of hydrogen-bond acceptors (Lipinski definition) is 5. The van der Waals surface area contributed by atoms with E-state index in [1.807, 2.05) is 42.5 Å². The second-order valence-corrected chi connectivity index (χ2v) is 6.82. The summed E-state index contributed by atoms with van der Waals surface area (Å²) >= 11 is 6.15. The fraction of sp³-hybridized carbons (Fsp3) is 0.286. The molecule has 3 aromatic rings. The van der Waals surface area contributed by atoms with Gasteiger partial charge in [-0.25, -0.2) is 0 Å². The van der Waals surface area contributed by atoms with Crippen molar-refractivity contribution in [2.24, 2.45) is 0 Å². The zero-order valence-electron chi connectivity index (χ0n) is 15.9. The molecule has 7 heteroatoms. The zero-order valence-corrected chi connectivity index (χ0v) is 16.6. The molecule has 0 radical (unpaired) electrons. The Morgan fingerprint density at radius 1 is 1.14 bits per heavy atom. The topological polar surface area (TPSA) is 68.5 Å². The monoisotopic (exact) mass is 399 g/mol. The van der Waals surface area contributed by atoms with Crippen molar-refractivity contribution in [3.63, 3.8) is 0 Å². The molecule has 1 amide bonds. The fourth-order valence-electron chi connectivity index (χ4n) is 2.73. The molecule has 0 aliphatic heterocycles. The molecule has 0 N–H and O–H groups in total. The quantitative estimate of drug-likeness (QED) is 0.572. The van der Waals surface area contributed by atoms with Gasteiger partial charge in [0.1, 0.15) is 5.75 Å². The lowest BCUT2D eigenvalue weighted by molar-refractivity contribution is -0.129. The Morgan fingerprint density at radius 3 is 2.61 bits per heavy atom. The van der Waals surface area contributed by atoms with Gasteiger partial charge in [0, 0.05) is 26.4 Å². The molecule has 28 heavy (non-hydrogen) atoms.